The molecule has 0 saturated heterocycles. The lowest BCUT2D eigenvalue weighted by molar-refractivity contribution is 0.111. The molecule has 1 unspecified atom stereocenters. The molecule has 0 heterocycles. The molecule has 1 atom stereocenters. The molecule has 0 aliphatic rings. The van der Waals surface area contributed by atoms with E-state index in [0.717, 1.165) is 5.56 Å². The van der Waals surface area contributed by atoms with Crippen LogP contribution in [-0.2, 0) is 5.60 Å². The number of aliphatic hydroxyl groups is 1. The van der Waals surface area contributed by atoms with Crippen LogP contribution in [0.25, 0.3) is 0 Å². The maximum absolute atomic E-state index is 10.3. The third-order valence-corrected chi connectivity index (χ3v) is 2.49. The molecule has 0 aliphatic carbocycles. The minimum absolute atomic E-state index is 0.903. The zero-order valence-corrected chi connectivity index (χ0v) is 10.5. The van der Waals surface area contributed by atoms with Crippen LogP contribution in [0.4, 0.5) is 0 Å². The predicted octanol–water partition coefficient (Wildman–Crippen LogP) is 3.72. The molecule has 1 N–H and O–H groups in total. The van der Waals surface area contributed by atoms with Gasteiger partial charge in [-0.1, -0.05) is 47.6 Å². The summed E-state index contributed by atoms with van der Waals surface area (Å²) in [4.78, 5) is 0. The Balaban J connectivity index is 2.89. The van der Waals surface area contributed by atoms with Crippen LogP contribution in [0, 0.1) is 6.92 Å². The van der Waals surface area contributed by atoms with Gasteiger partial charge in [0.2, 0.25) is 0 Å². The van der Waals surface area contributed by atoms with Crippen LogP contribution in [0.3, 0.4) is 0 Å². The summed E-state index contributed by atoms with van der Waals surface area (Å²) in [6.45, 7) is 7.90. The first-order valence-electron chi connectivity index (χ1n) is 5.54. The summed E-state index contributed by atoms with van der Waals surface area (Å²) < 4.78 is 0. The summed E-state index contributed by atoms with van der Waals surface area (Å²) in [6, 6.07) is 7.95. The minimum Gasteiger partial charge on any atom is -0.381 e. The molecule has 0 fully saturated rings. The van der Waals surface area contributed by atoms with Gasteiger partial charge in [0.1, 0.15) is 5.60 Å². The summed E-state index contributed by atoms with van der Waals surface area (Å²) in [5.41, 5.74) is 2.43. The van der Waals surface area contributed by atoms with E-state index < -0.39 is 5.60 Å². The molecule has 86 valence electrons. The predicted molar refractivity (Wildman–Crippen MR) is 69.3 cm³/mol. The fourth-order valence-corrected chi connectivity index (χ4v) is 1.42. The zero-order valence-electron chi connectivity index (χ0n) is 10.5. The number of hydrogen-bond donors (Lipinski definition) is 1. The number of aryl methyl sites for hydroxylation is 1. The molecular weight excluding hydrogens is 196 g/mol. The Morgan fingerprint density at radius 3 is 2.25 bits per heavy atom. The van der Waals surface area contributed by atoms with E-state index >= 15 is 0 Å². The Morgan fingerprint density at radius 2 is 1.75 bits per heavy atom. The Labute approximate surface area is 98.1 Å². The lowest BCUT2D eigenvalue weighted by atomic mass is 9.94. The minimum atomic E-state index is -0.903. The van der Waals surface area contributed by atoms with E-state index in [-0.39, 0.29) is 0 Å². The number of benzene rings is 1. The summed E-state index contributed by atoms with van der Waals surface area (Å²) in [7, 11) is 0. The van der Waals surface area contributed by atoms with E-state index in [4.69, 9.17) is 0 Å². The van der Waals surface area contributed by atoms with Crippen LogP contribution in [0.2, 0.25) is 0 Å². The summed E-state index contributed by atoms with van der Waals surface area (Å²) in [5.74, 6) is 0. The topological polar surface area (TPSA) is 20.2 Å². The van der Waals surface area contributed by atoms with E-state index in [1.165, 1.54) is 11.1 Å². The van der Waals surface area contributed by atoms with E-state index in [1.807, 2.05) is 63.3 Å². The Bertz CT molecular complexity index is 390. The summed E-state index contributed by atoms with van der Waals surface area (Å²) >= 11 is 0. The highest BCUT2D eigenvalue weighted by Gasteiger charge is 2.18. The fraction of sp³-hybridized carbons (Fsp3) is 0.333. The molecule has 1 nitrogen and oxygen atoms in total. The Kier molecular flexibility index (Phi) is 4.08. The van der Waals surface area contributed by atoms with Crippen molar-refractivity contribution < 1.29 is 5.11 Å². The monoisotopic (exact) mass is 216 g/mol. The highest BCUT2D eigenvalue weighted by Crippen LogP contribution is 2.22. The maximum atomic E-state index is 10.3. The van der Waals surface area contributed by atoms with Gasteiger partial charge in [0.15, 0.2) is 0 Å². The number of rotatable bonds is 3. The average molecular weight is 216 g/mol. The van der Waals surface area contributed by atoms with Gasteiger partial charge in [-0.2, -0.15) is 0 Å². The normalized spacial score (nSPS) is 14.8. The van der Waals surface area contributed by atoms with Crippen molar-refractivity contribution in [3.63, 3.8) is 0 Å². The van der Waals surface area contributed by atoms with E-state index in [0.29, 0.717) is 0 Å². The van der Waals surface area contributed by atoms with Gasteiger partial charge in [-0.3, -0.25) is 0 Å². The smallest absolute Gasteiger partial charge is 0.105 e. The molecule has 1 heteroatoms. The first-order valence-corrected chi connectivity index (χ1v) is 5.54. The largest absolute Gasteiger partial charge is 0.381 e. The van der Waals surface area contributed by atoms with Gasteiger partial charge in [-0.05, 0) is 39.3 Å². The highest BCUT2D eigenvalue weighted by atomic mass is 16.3. The van der Waals surface area contributed by atoms with Crippen molar-refractivity contribution in [1.29, 1.82) is 0 Å². The summed E-state index contributed by atoms with van der Waals surface area (Å²) in [5, 5.41) is 10.3. The third kappa shape index (κ3) is 3.67. The van der Waals surface area contributed by atoms with Gasteiger partial charge < -0.3 is 5.11 Å². The average Bonchev–Trinajstić information content (AvgIpc) is 2.17. The second-order valence-electron chi connectivity index (χ2n) is 4.62. The van der Waals surface area contributed by atoms with Crippen molar-refractivity contribution in [2.24, 2.45) is 0 Å². The van der Waals surface area contributed by atoms with Gasteiger partial charge in [0.05, 0.1) is 0 Å². The quantitative estimate of drug-likeness (QED) is 0.763. The summed E-state index contributed by atoms with van der Waals surface area (Å²) in [6.07, 6.45) is 5.70. The molecule has 0 saturated carbocycles. The molecule has 1 rings (SSSR count). The van der Waals surface area contributed by atoms with Crippen molar-refractivity contribution in [2.75, 3.05) is 0 Å². The highest BCUT2D eigenvalue weighted by molar-refractivity contribution is 5.30. The molecule has 0 amide bonds. The third-order valence-electron chi connectivity index (χ3n) is 2.49. The molecule has 0 spiro atoms. The molecule has 0 aromatic heterocycles. The molecule has 16 heavy (non-hydrogen) atoms. The SMILES string of the molecule is CC(C)=C/C=C/C(C)(O)c1ccc(C)cc1. The first-order chi connectivity index (χ1) is 7.42. The van der Waals surface area contributed by atoms with Gasteiger partial charge in [0.25, 0.3) is 0 Å². The van der Waals surface area contributed by atoms with Gasteiger partial charge >= 0.3 is 0 Å². The van der Waals surface area contributed by atoms with Crippen LogP contribution >= 0.6 is 0 Å². The van der Waals surface area contributed by atoms with Gasteiger partial charge in [0, 0.05) is 0 Å². The van der Waals surface area contributed by atoms with Gasteiger partial charge in [-0.15, -0.1) is 0 Å². The first kappa shape index (κ1) is 12.7. The Hall–Kier alpha value is -1.34. The Morgan fingerprint density at radius 1 is 1.19 bits per heavy atom. The second-order valence-corrected chi connectivity index (χ2v) is 4.62. The van der Waals surface area contributed by atoms with E-state index in [9.17, 15) is 5.11 Å². The molecule has 0 bridgehead atoms. The van der Waals surface area contributed by atoms with Crippen molar-refractivity contribution >= 4 is 0 Å². The van der Waals surface area contributed by atoms with Gasteiger partial charge in [-0.25, -0.2) is 0 Å². The van der Waals surface area contributed by atoms with Crippen LogP contribution in [0.15, 0.2) is 48.1 Å². The second kappa shape index (κ2) is 5.13. The van der Waals surface area contributed by atoms with Crippen molar-refractivity contribution in [1.82, 2.24) is 0 Å². The fourth-order valence-electron chi connectivity index (χ4n) is 1.42. The van der Waals surface area contributed by atoms with E-state index in [2.05, 4.69) is 0 Å². The van der Waals surface area contributed by atoms with Crippen LogP contribution in [-0.4, -0.2) is 5.11 Å². The molecule has 0 radical (unpaired) electrons. The lowest BCUT2D eigenvalue weighted by Crippen LogP contribution is -2.17. The van der Waals surface area contributed by atoms with Crippen LogP contribution in [0.1, 0.15) is 31.9 Å². The molecule has 1 aromatic carbocycles. The van der Waals surface area contributed by atoms with Crippen LogP contribution < -0.4 is 0 Å². The van der Waals surface area contributed by atoms with Crippen LogP contribution in [0.5, 0.6) is 0 Å². The zero-order chi connectivity index (χ0) is 12.2. The number of hydrogen-bond acceptors (Lipinski definition) is 1. The number of allylic oxidation sites excluding steroid dienone is 3. The van der Waals surface area contributed by atoms with Crippen molar-refractivity contribution in [3.05, 3.63) is 59.2 Å². The molecule has 0 aliphatic heterocycles. The lowest BCUT2D eigenvalue weighted by Gasteiger charge is -2.19. The maximum Gasteiger partial charge on any atom is 0.105 e. The van der Waals surface area contributed by atoms with Crippen molar-refractivity contribution in [3.8, 4) is 0 Å². The molecular formula is C15H20O. The van der Waals surface area contributed by atoms with Crippen molar-refractivity contribution in [2.45, 2.75) is 33.3 Å². The van der Waals surface area contributed by atoms with E-state index in [1.54, 1.807) is 6.92 Å². The molecule has 1 aromatic rings. The standard InChI is InChI=1S/C15H20O/c1-12(2)6-5-11-15(4,16)14-9-7-13(3)8-10-14/h5-11,16H,1-4H3/b11-5+.